The van der Waals surface area contributed by atoms with Crippen molar-refractivity contribution >= 4 is 27.5 Å². The Labute approximate surface area is 150 Å². The van der Waals surface area contributed by atoms with Gasteiger partial charge in [-0.1, -0.05) is 33.3 Å². The summed E-state index contributed by atoms with van der Waals surface area (Å²) >= 11 is 3.41. The molecule has 0 spiro atoms. The lowest BCUT2D eigenvalue weighted by Gasteiger charge is -2.01. The first-order chi connectivity index (χ1) is 12.2. The van der Waals surface area contributed by atoms with Gasteiger partial charge in [-0.15, -0.1) is 15.3 Å². The molecule has 3 heterocycles. The lowest BCUT2D eigenvalue weighted by molar-refractivity contribution is 0.0944. The Hall–Kier alpha value is -3.07. The molecule has 124 valence electrons. The van der Waals surface area contributed by atoms with Gasteiger partial charge in [0.1, 0.15) is 0 Å². The minimum atomic E-state index is -0.325. The first-order valence-corrected chi connectivity index (χ1v) is 8.25. The third kappa shape index (κ3) is 3.13. The van der Waals surface area contributed by atoms with Crippen LogP contribution in [-0.4, -0.2) is 35.5 Å². The molecule has 0 unspecified atom stereocenters. The average molecular weight is 398 g/mol. The number of halogens is 1. The van der Waals surface area contributed by atoms with E-state index in [2.05, 4.69) is 41.8 Å². The van der Waals surface area contributed by atoms with Crippen LogP contribution in [-0.2, 0) is 6.54 Å². The Bertz CT molecular complexity index is 1060. The summed E-state index contributed by atoms with van der Waals surface area (Å²) in [7, 11) is 0. The number of benzene rings is 1. The summed E-state index contributed by atoms with van der Waals surface area (Å²) in [5.41, 5.74) is 1.77. The molecule has 8 nitrogen and oxygen atoms in total. The number of aromatic nitrogens is 6. The largest absolute Gasteiger partial charge is 0.343 e. The molecule has 1 N–H and O–H groups in total. The van der Waals surface area contributed by atoms with Crippen LogP contribution in [0.15, 0.2) is 59.3 Å². The lowest BCUT2D eigenvalue weighted by atomic mass is 10.3. The molecule has 0 aliphatic carbocycles. The van der Waals surface area contributed by atoms with Crippen LogP contribution in [0.3, 0.4) is 0 Å². The van der Waals surface area contributed by atoms with Gasteiger partial charge in [-0.3, -0.25) is 9.20 Å². The molecule has 0 saturated carbocycles. The van der Waals surface area contributed by atoms with Gasteiger partial charge >= 0.3 is 0 Å². The minimum Gasteiger partial charge on any atom is -0.343 e. The van der Waals surface area contributed by atoms with Crippen LogP contribution in [0.1, 0.15) is 16.3 Å². The number of hydrogen-bond donors (Lipinski definition) is 1. The van der Waals surface area contributed by atoms with Crippen LogP contribution in [0.2, 0.25) is 0 Å². The number of carbonyl (C=O) groups excluding carboxylic acids is 1. The van der Waals surface area contributed by atoms with E-state index in [0.717, 1.165) is 15.8 Å². The number of nitrogens with one attached hydrogen (secondary N) is 1. The van der Waals surface area contributed by atoms with Crippen molar-refractivity contribution < 1.29 is 4.79 Å². The van der Waals surface area contributed by atoms with Crippen LogP contribution < -0.4 is 5.32 Å². The highest BCUT2D eigenvalue weighted by atomic mass is 79.9. The molecule has 4 aromatic rings. The summed E-state index contributed by atoms with van der Waals surface area (Å²) < 4.78 is 4.29. The van der Waals surface area contributed by atoms with Crippen LogP contribution in [0.25, 0.3) is 11.3 Å². The molecule has 0 fully saturated rings. The van der Waals surface area contributed by atoms with Crippen molar-refractivity contribution in [3.05, 3.63) is 70.8 Å². The smallest absolute Gasteiger partial charge is 0.273 e. The molecule has 1 aromatic carbocycles. The molecular formula is C16H12BrN7O. The molecule has 0 saturated heterocycles. The zero-order valence-electron chi connectivity index (χ0n) is 12.9. The van der Waals surface area contributed by atoms with Gasteiger partial charge in [0.05, 0.1) is 18.4 Å². The number of amides is 1. The van der Waals surface area contributed by atoms with E-state index in [0.29, 0.717) is 5.82 Å². The van der Waals surface area contributed by atoms with E-state index < -0.39 is 0 Å². The summed E-state index contributed by atoms with van der Waals surface area (Å²) in [6.07, 6.45) is 3.43. The van der Waals surface area contributed by atoms with E-state index in [1.54, 1.807) is 10.9 Å². The monoisotopic (exact) mass is 397 g/mol. The minimum absolute atomic E-state index is 0.230. The van der Waals surface area contributed by atoms with Gasteiger partial charge in [0.25, 0.3) is 5.91 Å². The van der Waals surface area contributed by atoms with E-state index in [1.165, 1.54) is 0 Å². The van der Waals surface area contributed by atoms with Crippen LogP contribution >= 0.6 is 15.9 Å². The predicted molar refractivity (Wildman–Crippen MR) is 93.2 cm³/mol. The van der Waals surface area contributed by atoms with Gasteiger partial charge in [-0.2, -0.15) is 0 Å². The maximum atomic E-state index is 12.3. The van der Waals surface area contributed by atoms with Crippen LogP contribution in [0.4, 0.5) is 0 Å². The van der Waals surface area contributed by atoms with Crippen molar-refractivity contribution in [2.75, 3.05) is 0 Å². The van der Waals surface area contributed by atoms with Crippen molar-refractivity contribution in [3.63, 3.8) is 0 Å². The third-order valence-corrected chi connectivity index (χ3v) is 4.08. The van der Waals surface area contributed by atoms with Gasteiger partial charge in [0.2, 0.25) is 0 Å². The highest BCUT2D eigenvalue weighted by Crippen LogP contribution is 2.14. The maximum absolute atomic E-state index is 12.3. The highest BCUT2D eigenvalue weighted by molar-refractivity contribution is 9.10. The van der Waals surface area contributed by atoms with Gasteiger partial charge in [0, 0.05) is 10.7 Å². The molecule has 0 bridgehead atoms. The first kappa shape index (κ1) is 15.5. The van der Waals surface area contributed by atoms with E-state index in [-0.39, 0.29) is 18.1 Å². The zero-order chi connectivity index (χ0) is 17.2. The Kier molecular flexibility index (Phi) is 3.98. The molecule has 1 amide bonds. The van der Waals surface area contributed by atoms with Crippen LogP contribution in [0, 0.1) is 0 Å². The number of nitrogens with zero attached hydrogens (tertiary/aromatic N) is 6. The number of rotatable bonds is 4. The van der Waals surface area contributed by atoms with Gasteiger partial charge in [0.15, 0.2) is 17.2 Å². The molecule has 9 heteroatoms. The fourth-order valence-corrected chi connectivity index (χ4v) is 2.76. The topological polar surface area (TPSA) is 90.0 Å². The molecule has 0 aliphatic heterocycles. The Morgan fingerprint density at radius 2 is 2.04 bits per heavy atom. The fourth-order valence-electron chi connectivity index (χ4n) is 2.37. The first-order valence-electron chi connectivity index (χ1n) is 7.46. The van der Waals surface area contributed by atoms with Crippen molar-refractivity contribution in [1.29, 1.82) is 0 Å². The normalized spacial score (nSPS) is 10.9. The van der Waals surface area contributed by atoms with E-state index in [9.17, 15) is 4.79 Å². The Morgan fingerprint density at radius 3 is 2.92 bits per heavy atom. The summed E-state index contributed by atoms with van der Waals surface area (Å²) in [6, 6.07) is 13.2. The van der Waals surface area contributed by atoms with Gasteiger partial charge in [-0.25, -0.2) is 4.68 Å². The third-order valence-electron chi connectivity index (χ3n) is 3.59. The SMILES string of the molecule is O=C(NCc1nnc2ccccn12)c1cn(-c2cccc(Br)c2)nn1. The second kappa shape index (κ2) is 6.44. The quantitative estimate of drug-likeness (QED) is 0.568. The van der Waals surface area contributed by atoms with Crippen molar-refractivity contribution in [2.24, 2.45) is 0 Å². The summed E-state index contributed by atoms with van der Waals surface area (Å²) in [4.78, 5) is 12.3. The molecule has 25 heavy (non-hydrogen) atoms. The summed E-state index contributed by atoms with van der Waals surface area (Å²) in [5, 5.41) is 18.8. The average Bonchev–Trinajstić information content (AvgIpc) is 3.27. The predicted octanol–water partition coefficient (Wildman–Crippen LogP) is 2.00. The molecular weight excluding hydrogens is 386 g/mol. The van der Waals surface area contributed by atoms with E-state index >= 15 is 0 Å². The van der Waals surface area contributed by atoms with Crippen molar-refractivity contribution in [1.82, 2.24) is 34.9 Å². The number of pyridine rings is 1. The molecule has 0 radical (unpaired) electrons. The van der Waals surface area contributed by atoms with Crippen molar-refractivity contribution in [2.45, 2.75) is 6.54 Å². The number of fused-ring (bicyclic) bond motifs is 1. The summed E-state index contributed by atoms with van der Waals surface area (Å²) in [5.74, 6) is 0.317. The zero-order valence-corrected chi connectivity index (χ0v) is 14.5. The lowest BCUT2D eigenvalue weighted by Crippen LogP contribution is -2.24. The van der Waals surface area contributed by atoms with E-state index in [1.807, 2.05) is 53.1 Å². The fraction of sp³-hybridized carbons (Fsp3) is 0.0625. The molecule has 0 atom stereocenters. The second-order valence-electron chi connectivity index (χ2n) is 5.26. The van der Waals surface area contributed by atoms with Crippen LogP contribution in [0.5, 0.6) is 0 Å². The Morgan fingerprint density at radius 1 is 1.12 bits per heavy atom. The van der Waals surface area contributed by atoms with Gasteiger partial charge < -0.3 is 5.32 Å². The Balaban J connectivity index is 1.48. The highest BCUT2D eigenvalue weighted by Gasteiger charge is 2.13. The molecule has 3 aromatic heterocycles. The number of carbonyl (C=O) groups is 1. The number of hydrogen-bond acceptors (Lipinski definition) is 5. The van der Waals surface area contributed by atoms with Gasteiger partial charge in [-0.05, 0) is 30.3 Å². The van der Waals surface area contributed by atoms with E-state index in [4.69, 9.17) is 0 Å². The molecule has 0 aliphatic rings. The molecule has 4 rings (SSSR count). The van der Waals surface area contributed by atoms with Crippen molar-refractivity contribution in [3.8, 4) is 5.69 Å². The maximum Gasteiger partial charge on any atom is 0.273 e. The summed E-state index contributed by atoms with van der Waals surface area (Å²) in [6.45, 7) is 0.244. The second-order valence-corrected chi connectivity index (χ2v) is 6.17. The standard InChI is InChI=1S/C16H12BrN7O/c17-11-4-3-5-12(8-11)24-10-13(19-22-24)16(25)18-9-15-21-20-14-6-1-2-7-23(14)15/h1-8,10H,9H2,(H,18,25).